The lowest BCUT2D eigenvalue weighted by molar-refractivity contribution is 0.860. The molecule has 13 heavy (non-hydrogen) atoms. The molecule has 0 aliphatic heterocycles. The minimum Gasteiger partial charge on any atom is -0.308 e. The number of anilines is 1. The Morgan fingerprint density at radius 2 is 2.46 bits per heavy atom. The van der Waals surface area contributed by atoms with Crippen molar-refractivity contribution in [3.63, 3.8) is 0 Å². The molecule has 5 nitrogen and oxygen atoms in total. The lowest BCUT2D eigenvalue weighted by Gasteiger charge is -2.02. The van der Waals surface area contributed by atoms with E-state index >= 15 is 0 Å². The molecule has 6 heteroatoms. The number of fused-ring (bicyclic) bond motifs is 1. The van der Waals surface area contributed by atoms with E-state index in [0.717, 1.165) is 10.2 Å². The predicted molar refractivity (Wildman–Crippen MR) is 52.7 cm³/mol. The molecule has 0 spiro atoms. The van der Waals surface area contributed by atoms with Crippen molar-refractivity contribution in [1.82, 2.24) is 9.55 Å². The molecule has 2 aromatic heterocycles. The highest BCUT2D eigenvalue weighted by Gasteiger charge is 2.07. The molecule has 2 heterocycles. The summed E-state index contributed by atoms with van der Waals surface area (Å²) in [6, 6.07) is 1.88. The fraction of sp³-hybridized carbons (Fsp3) is 0.143. The molecule has 0 bridgehead atoms. The van der Waals surface area contributed by atoms with Crippen molar-refractivity contribution in [2.24, 2.45) is 12.9 Å². The summed E-state index contributed by atoms with van der Waals surface area (Å²) in [5.74, 6) is 5.67. The van der Waals surface area contributed by atoms with Crippen LogP contribution in [0, 0.1) is 0 Å². The summed E-state index contributed by atoms with van der Waals surface area (Å²) >= 11 is 1.49. The van der Waals surface area contributed by atoms with Crippen LogP contribution < -0.4 is 17.0 Å². The molecule has 0 radical (unpaired) electrons. The maximum Gasteiger partial charge on any atom is 0.350 e. The fourth-order valence-corrected chi connectivity index (χ4v) is 2.03. The summed E-state index contributed by atoms with van der Waals surface area (Å²) in [6.07, 6.45) is 0. The van der Waals surface area contributed by atoms with Crippen LogP contribution >= 0.6 is 11.3 Å². The van der Waals surface area contributed by atoms with Crippen LogP contribution in [0.15, 0.2) is 16.2 Å². The van der Waals surface area contributed by atoms with Gasteiger partial charge in [-0.05, 0) is 11.4 Å². The average Bonchev–Trinajstić information content (AvgIpc) is 2.60. The Morgan fingerprint density at radius 1 is 1.69 bits per heavy atom. The summed E-state index contributed by atoms with van der Waals surface area (Å²) in [7, 11) is 1.69. The zero-order chi connectivity index (χ0) is 9.42. The van der Waals surface area contributed by atoms with Gasteiger partial charge in [0.15, 0.2) is 5.82 Å². The molecule has 0 aliphatic rings. The van der Waals surface area contributed by atoms with Gasteiger partial charge in [-0.1, -0.05) is 0 Å². The Labute approximate surface area is 77.8 Å². The van der Waals surface area contributed by atoms with E-state index in [0.29, 0.717) is 5.82 Å². The van der Waals surface area contributed by atoms with Gasteiger partial charge in [0.1, 0.15) is 4.83 Å². The van der Waals surface area contributed by atoms with Gasteiger partial charge < -0.3 is 5.43 Å². The summed E-state index contributed by atoms with van der Waals surface area (Å²) < 4.78 is 1.50. The van der Waals surface area contributed by atoms with E-state index in [1.165, 1.54) is 15.9 Å². The van der Waals surface area contributed by atoms with E-state index in [9.17, 15) is 4.79 Å². The molecule has 0 unspecified atom stereocenters. The molecular weight excluding hydrogens is 188 g/mol. The first-order valence-corrected chi connectivity index (χ1v) is 4.53. The van der Waals surface area contributed by atoms with Crippen molar-refractivity contribution >= 4 is 27.4 Å². The van der Waals surface area contributed by atoms with Crippen molar-refractivity contribution in [2.45, 2.75) is 0 Å². The van der Waals surface area contributed by atoms with E-state index in [4.69, 9.17) is 5.84 Å². The molecule has 0 aliphatic carbocycles. The first kappa shape index (κ1) is 8.21. The Hall–Kier alpha value is -1.40. The second-order valence-corrected chi connectivity index (χ2v) is 3.48. The zero-order valence-corrected chi connectivity index (χ0v) is 7.76. The minimum atomic E-state index is -0.303. The monoisotopic (exact) mass is 196 g/mol. The van der Waals surface area contributed by atoms with Crippen LogP contribution in [0.2, 0.25) is 0 Å². The van der Waals surface area contributed by atoms with Crippen LogP contribution in [-0.2, 0) is 7.05 Å². The van der Waals surface area contributed by atoms with Gasteiger partial charge in [-0.3, -0.25) is 4.57 Å². The summed E-state index contributed by atoms with van der Waals surface area (Å²) in [4.78, 5) is 15.9. The predicted octanol–water partition coefficient (Wildman–Crippen LogP) is 0.281. The van der Waals surface area contributed by atoms with Crippen molar-refractivity contribution in [3.05, 3.63) is 21.9 Å². The van der Waals surface area contributed by atoms with E-state index in [1.54, 1.807) is 7.05 Å². The molecule has 0 aromatic carbocycles. The number of nitrogens with one attached hydrogen (secondary N) is 1. The van der Waals surface area contributed by atoms with E-state index in [-0.39, 0.29) is 5.69 Å². The van der Waals surface area contributed by atoms with Gasteiger partial charge in [-0.25, -0.2) is 10.6 Å². The van der Waals surface area contributed by atoms with Gasteiger partial charge in [-0.15, -0.1) is 11.3 Å². The van der Waals surface area contributed by atoms with Crippen LogP contribution in [0.1, 0.15) is 0 Å². The summed E-state index contributed by atoms with van der Waals surface area (Å²) in [5, 5.41) is 2.77. The van der Waals surface area contributed by atoms with Crippen molar-refractivity contribution in [3.8, 4) is 0 Å². The standard InChI is InChI=1S/C7H8N4OS/c1-11-6-4(2-3-13-6)5(10-8)9-7(11)12/h2-3H,8H2,1H3,(H,9,10,12). The number of thiophene rings is 1. The number of rotatable bonds is 1. The zero-order valence-electron chi connectivity index (χ0n) is 6.94. The SMILES string of the molecule is Cn1c(=O)nc(NN)c2ccsc21. The molecule has 2 aromatic rings. The molecule has 3 N–H and O–H groups in total. The van der Waals surface area contributed by atoms with Crippen LogP contribution in [0.3, 0.4) is 0 Å². The quantitative estimate of drug-likeness (QED) is 0.507. The number of aryl methyl sites for hydroxylation is 1. The van der Waals surface area contributed by atoms with Crippen molar-refractivity contribution in [1.29, 1.82) is 0 Å². The highest BCUT2D eigenvalue weighted by atomic mass is 32.1. The topological polar surface area (TPSA) is 72.9 Å². The lowest BCUT2D eigenvalue weighted by Crippen LogP contribution is -2.22. The number of nitrogens with zero attached hydrogens (tertiary/aromatic N) is 2. The van der Waals surface area contributed by atoms with Crippen molar-refractivity contribution in [2.75, 3.05) is 5.43 Å². The second-order valence-electron chi connectivity index (χ2n) is 2.59. The van der Waals surface area contributed by atoms with Crippen LogP contribution in [0.4, 0.5) is 5.82 Å². The molecular formula is C7H8N4OS. The third kappa shape index (κ3) is 1.11. The Bertz CT molecular complexity index is 501. The van der Waals surface area contributed by atoms with Gasteiger partial charge >= 0.3 is 5.69 Å². The van der Waals surface area contributed by atoms with Gasteiger partial charge in [0, 0.05) is 7.05 Å². The molecule has 0 amide bonds. The maximum absolute atomic E-state index is 11.3. The van der Waals surface area contributed by atoms with Gasteiger partial charge in [0.2, 0.25) is 0 Å². The molecule has 68 valence electrons. The Balaban J connectivity index is 2.95. The highest BCUT2D eigenvalue weighted by Crippen LogP contribution is 2.23. The van der Waals surface area contributed by atoms with Gasteiger partial charge in [0.25, 0.3) is 0 Å². The third-order valence-electron chi connectivity index (χ3n) is 1.84. The summed E-state index contributed by atoms with van der Waals surface area (Å²) in [6.45, 7) is 0. The fourth-order valence-electron chi connectivity index (χ4n) is 1.17. The number of hydrogen-bond donors (Lipinski definition) is 2. The van der Waals surface area contributed by atoms with Crippen LogP contribution in [0.5, 0.6) is 0 Å². The maximum atomic E-state index is 11.3. The smallest absolute Gasteiger partial charge is 0.308 e. The van der Waals surface area contributed by atoms with Gasteiger partial charge in [-0.2, -0.15) is 4.98 Å². The normalized spacial score (nSPS) is 10.6. The van der Waals surface area contributed by atoms with E-state index in [2.05, 4.69) is 10.4 Å². The minimum absolute atomic E-state index is 0.303. The third-order valence-corrected chi connectivity index (χ3v) is 2.82. The lowest BCUT2D eigenvalue weighted by atomic mass is 10.4. The molecule has 0 fully saturated rings. The molecule has 0 atom stereocenters. The number of hydrogen-bond acceptors (Lipinski definition) is 5. The highest BCUT2D eigenvalue weighted by molar-refractivity contribution is 7.16. The number of nitrogen functional groups attached to an aromatic ring is 1. The first-order chi connectivity index (χ1) is 6.24. The number of hydrazine groups is 1. The molecule has 0 saturated carbocycles. The van der Waals surface area contributed by atoms with E-state index in [1.807, 2.05) is 11.4 Å². The van der Waals surface area contributed by atoms with Gasteiger partial charge in [0.05, 0.1) is 5.39 Å². The molecule has 2 rings (SSSR count). The summed E-state index contributed by atoms with van der Waals surface area (Å²) in [5.41, 5.74) is 2.10. The first-order valence-electron chi connectivity index (χ1n) is 3.65. The molecule has 0 saturated heterocycles. The van der Waals surface area contributed by atoms with Crippen LogP contribution in [0.25, 0.3) is 10.2 Å². The Kier molecular flexibility index (Phi) is 1.78. The number of nitrogens with two attached hydrogens (primary N) is 1. The average molecular weight is 196 g/mol. The second kappa shape index (κ2) is 2.82. The van der Waals surface area contributed by atoms with E-state index < -0.39 is 0 Å². The Morgan fingerprint density at radius 3 is 3.15 bits per heavy atom. The van der Waals surface area contributed by atoms with Crippen molar-refractivity contribution < 1.29 is 0 Å². The largest absolute Gasteiger partial charge is 0.350 e. The number of aromatic nitrogens is 2. The van der Waals surface area contributed by atoms with Crippen LogP contribution in [-0.4, -0.2) is 9.55 Å².